The SMILES string of the molecule is Cc1c(C(=O)N2CCCC(C(C)O)C2)oc2c(Cl)cccc12. The number of amides is 1. The van der Waals surface area contributed by atoms with Crippen LogP contribution in [0.2, 0.25) is 5.02 Å². The third-order valence-corrected chi connectivity index (χ3v) is 4.83. The van der Waals surface area contributed by atoms with Gasteiger partial charge in [0.15, 0.2) is 11.3 Å². The van der Waals surface area contributed by atoms with Crippen LogP contribution in [0, 0.1) is 12.8 Å². The van der Waals surface area contributed by atoms with Crippen molar-refractivity contribution in [1.29, 1.82) is 0 Å². The fourth-order valence-corrected chi connectivity index (χ4v) is 3.36. The number of aliphatic hydroxyl groups excluding tert-OH is 1. The Bertz CT molecular complexity index is 707. The number of hydrogen-bond donors (Lipinski definition) is 1. The highest BCUT2D eigenvalue weighted by Crippen LogP contribution is 2.32. The van der Waals surface area contributed by atoms with Crippen molar-refractivity contribution in [3.05, 3.63) is 34.5 Å². The molecule has 0 bridgehead atoms. The van der Waals surface area contributed by atoms with Gasteiger partial charge in [0.05, 0.1) is 11.1 Å². The van der Waals surface area contributed by atoms with Crippen molar-refractivity contribution in [1.82, 2.24) is 4.90 Å². The highest BCUT2D eigenvalue weighted by Gasteiger charge is 2.30. The maximum absolute atomic E-state index is 12.8. The van der Waals surface area contributed by atoms with E-state index in [4.69, 9.17) is 16.0 Å². The van der Waals surface area contributed by atoms with Crippen molar-refractivity contribution in [3.8, 4) is 0 Å². The van der Waals surface area contributed by atoms with Crippen LogP contribution in [0.15, 0.2) is 22.6 Å². The number of rotatable bonds is 2. The molecule has 4 nitrogen and oxygen atoms in total. The molecule has 2 aromatic rings. The van der Waals surface area contributed by atoms with Gasteiger partial charge in [-0.05, 0) is 32.8 Å². The van der Waals surface area contributed by atoms with E-state index in [1.165, 1.54) is 0 Å². The molecule has 1 aromatic heterocycles. The molecule has 2 unspecified atom stereocenters. The highest BCUT2D eigenvalue weighted by molar-refractivity contribution is 6.35. The number of carbonyl (C=O) groups excluding carboxylic acids is 1. The van der Waals surface area contributed by atoms with Crippen molar-refractivity contribution in [3.63, 3.8) is 0 Å². The molecule has 22 heavy (non-hydrogen) atoms. The average Bonchev–Trinajstić information content (AvgIpc) is 2.85. The summed E-state index contributed by atoms with van der Waals surface area (Å²) in [5, 5.41) is 11.2. The van der Waals surface area contributed by atoms with Gasteiger partial charge in [-0.2, -0.15) is 0 Å². The average molecular weight is 322 g/mol. The van der Waals surface area contributed by atoms with E-state index in [1.54, 1.807) is 17.9 Å². The van der Waals surface area contributed by atoms with E-state index in [1.807, 2.05) is 19.1 Å². The first-order valence-corrected chi connectivity index (χ1v) is 8.01. The Morgan fingerprint density at radius 2 is 2.27 bits per heavy atom. The number of benzene rings is 1. The summed E-state index contributed by atoms with van der Waals surface area (Å²) in [6, 6.07) is 5.52. The smallest absolute Gasteiger partial charge is 0.289 e. The first kappa shape index (κ1) is 15.4. The molecule has 2 atom stereocenters. The van der Waals surface area contributed by atoms with Crippen LogP contribution in [0.3, 0.4) is 0 Å². The van der Waals surface area contributed by atoms with Gasteiger partial charge in [-0.15, -0.1) is 0 Å². The minimum absolute atomic E-state index is 0.116. The second-order valence-electron chi connectivity index (χ2n) is 6.07. The number of aliphatic hydroxyl groups is 1. The lowest BCUT2D eigenvalue weighted by Crippen LogP contribution is -2.43. The lowest BCUT2D eigenvalue weighted by atomic mass is 9.93. The fraction of sp³-hybridized carbons (Fsp3) is 0.471. The van der Waals surface area contributed by atoms with E-state index < -0.39 is 6.10 Å². The quantitative estimate of drug-likeness (QED) is 0.919. The molecule has 1 aliphatic rings. The van der Waals surface area contributed by atoms with Gasteiger partial charge in [-0.25, -0.2) is 0 Å². The number of nitrogens with zero attached hydrogens (tertiary/aromatic N) is 1. The van der Waals surface area contributed by atoms with Crippen LogP contribution >= 0.6 is 11.6 Å². The van der Waals surface area contributed by atoms with Crippen LogP contribution < -0.4 is 0 Å². The first-order valence-electron chi connectivity index (χ1n) is 7.64. The number of hydrogen-bond acceptors (Lipinski definition) is 3. The molecule has 0 saturated carbocycles. The van der Waals surface area contributed by atoms with Crippen LogP contribution in [-0.4, -0.2) is 35.1 Å². The van der Waals surface area contributed by atoms with Crippen LogP contribution in [0.25, 0.3) is 11.0 Å². The summed E-state index contributed by atoms with van der Waals surface area (Å²) in [6.07, 6.45) is 1.45. The minimum Gasteiger partial charge on any atom is -0.449 e. The van der Waals surface area contributed by atoms with Crippen molar-refractivity contribution < 1.29 is 14.3 Å². The Morgan fingerprint density at radius 3 is 2.95 bits per heavy atom. The summed E-state index contributed by atoms with van der Waals surface area (Å²) >= 11 is 6.15. The molecule has 0 radical (unpaired) electrons. The molecule has 1 aromatic carbocycles. The van der Waals surface area contributed by atoms with Gasteiger partial charge in [-0.3, -0.25) is 4.79 Å². The number of carbonyl (C=O) groups is 1. The third kappa shape index (κ3) is 2.61. The maximum Gasteiger partial charge on any atom is 0.289 e. The van der Waals surface area contributed by atoms with Gasteiger partial charge in [0.2, 0.25) is 0 Å². The highest BCUT2D eigenvalue weighted by atomic mass is 35.5. The molecule has 0 aliphatic carbocycles. The van der Waals surface area contributed by atoms with Crippen molar-refractivity contribution in [2.75, 3.05) is 13.1 Å². The Morgan fingerprint density at radius 1 is 1.50 bits per heavy atom. The van der Waals surface area contributed by atoms with Crippen molar-refractivity contribution in [2.45, 2.75) is 32.8 Å². The van der Waals surface area contributed by atoms with Crippen molar-refractivity contribution >= 4 is 28.5 Å². The Labute approximate surface area is 134 Å². The molecule has 1 saturated heterocycles. The van der Waals surface area contributed by atoms with Crippen LogP contribution in [0.1, 0.15) is 35.9 Å². The van der Waals surface area contributed by atoms with Gasteiger partial charge in [0, 0.05) is 30.0 Å². The predicted octanol–water partition coefficient (Wildman–Crippen LogP) is 3.63. The molecule has 5 heteroatoms. The van der Waals surface area contributed by atoms with Crippen LogP contribution in [0.4, 0.5) is 0 Å². The fourth-order valence-electron chi connectivity index (χ4n) is 3.14. The zero-order valence-electron chi connectivity index (χ0n) is 12.8. The zero-order valence-corrected chi connectivity index (χ0v) is 13.6. The third-order valence-electron chi connectivity index (χ3n) is 4.54. The predicted molar refractivity (Wildman–Crippen MR) is 86.3 cm³/mol. The number of aryl methyl sites for hydroxylation is 1. The molecule has 0 spiro atoms. The number of likely N-dealkylation sites (tertiary alicyclic amines) is 1. The number of halogens is 1. The van der Waals surface area contributed by atoms with Gasteiger partial charge < -0.3 is 14.4 Å². The minimum atomic E-state index is -0.401. The summed E-state index contributed by atoms with van der Waals surface area (Å²) in [5.74, 6) is 0.371. The lowest BCUT2D eigenvalue weighted by molar-refractivity contribution is 0.0444. The number of piperidine rings is 1. The van der Waals surface area contributed by atoms with E-state index >= 15 is 0 Å². The summed E-state index contributed by atoms with van der Waals surface area (Å²) < 4.78 is 5.75. The standard InChI is InChI=1S/C17H20ClNO3/c1-10-13-6-3-7-14(18)16(13)22-15(10)17(21)19-8-4-5-12(9-19)11(2)20/h3,6-7,11-12,20H,4-5,8-9H2,1-2H3. The van der Waals surface area contributed by atoms with E-state index in [0.717, 1.165) is 23.8 Å². The summed E-state index contributed by atoms with van der Waals surface area (Å²) in [5.41, 5.74) is 1.38. The van der Waals surface area contributed by atoms with E-state index in [0.29, 0.717) is 29.5 Å². The Hall–Kier alpha value is -1.52. The number of para-hydroxylation sites is 1. The molecular weight excluding hydrogens is 302 g/mol. The largest absolute Gasteiger partial charge is 0.449 e. The van der Waals surface area contributed by atoms with Gasteiger partial charge in [-0.1, -0.05) is 23.7 Å². The number of fused-ring (bicyclic) bond motifs is 1. The summed E-state index contributed by atoms with van der Waals surface area (Å²) in [4.78, 5) is 14.6. The molecule has 3 rings (SSSR count). The molecule has 2 heterocycles. The van der Waals surface area contributed by atoms with Crippen LogP contribution in [-0.2, 0) is 0 Å². The molecule has 1 fully saturated rings. The van der Waals surface area contributed by atoms with E-state index in [2.05, 4.69) is 0 Å². The summed E-state index contributed by atoms with van der Waals surface area (Å²) in [6.45, 7) is 4.93. The second kappa shape index (κ2) is 5.94. The van der Waals surface area contributed by atoms with Gasteiger partial charge in [0.25, 0.3) is 5.91 Å². The van der Waals surface area contributed by atoms with E-state index in [9.17, 15) is 9.90 Å². The molecule has 1 amide bonds. The lowest BCUT2D eigenvalue weighted by Gasteiger charge is -2.33. The second-order valence-corrected chi connectivity index (χ2v) is 6.47. The summed E-state index contributed by atoms with van der Waals surface area (Å²) in [7, 11) is 0. The van der Waals surface area contributed by atoms with Crippen LogP contribution in [0.5, 0.6) is 0 Å². The Balaban J connectivity index is 1.92. The maximum atomic E-state index is 12.8. The zero-order chi connectivity index (χ0) is 15.9. The molecular formula is C17H20ClNO3. The molecule has 118 valence electrons. The Kier molecular flexibility index (Phi) is 4.15. The van der Waals surface area contributed by atoms with Gasteiger partial charge >= 0.3 is 0 Å². The topological polar surface area (TPSA) is 53.7 Å². The van der Waals surface area contributed by atoms with E-state index in [-0.39, 0.29) is 11.8 Å². The monoisotopic (exact) mass is 321 g/mol. The van der Waals surface area contributed by atoms with Crippen molar-refractivity contribution in [2.24, 2.45) is 5.92 Å². The normalized spacial score (nSPS) is 20.4. The first-order chi connectivity index (χ1) is 10.5. The van der Waals surface area contributed by atoms with Gasteiger partial charge in [0.1, 0.15) is 0 Å². The number of furan rings is 1. The molecule has 1 N–H and O–H groups in total. The molecule has 1 aliphatic heterocycles.